The summed E-state index contributed by atoms with van der Waals surface area (Å²) in [6.07, 6.45) is 1.19. The molecule has 0 aliphatic heterocycles. The second-order valence-electron chi connectivity index (χ2n) is 7.62. The Morgan fingerprint density at radius 1 is 1.06 bits per heavy atom. The van der Waals surface area contributed by atoms with Gasteiger partial charge >= 0.3 is 0 Å². The minimum absolute atomic E-state index is 0.110. The Kier molecular flexibility index (Phi) is 7.26. The first-order valence-corrected chi connectivity index (χ1v) is 12.2. The van der Waals surface area contributed by atoms with Gasteiger partial charge in [-0.15, -0.1) is 0 Å². The highest BCUT2D eigenvalue weighted by Crippen LogP contribution is 2.29. The van der Waals surface area contributed by atoms with E-state index >= 15 is 0 Å². The van der Waals surface area contributed by atoms with Gasteiger partial charge in [-0.25, -0.2) is 8.42 Å². The largest absolute Gasteiger partial charge is 0.457 e. The van der Waals surface area contributed by atoms with Crippen molar-refractivity contribution in [1.82, 2.24) is 0 Å². The van der Waals surface area contributed by atoms with E-state index in [2.05, 4.69) is 10.0 Å². The van der Waals surface area contributed by atoms with Crippen LogP contribution in [0, 0.1) is 25.2 Å². The molecule has 33 heavy (non-hydrogen) atoms. The highest BCUT2D eigenvalue weighted by molar-refractivity contribution is 7.92. The highest BCUT2D eigenvalue weighted by Gasteiger charge is 2.11. The van der Waals surface area contributed by atoms with Crippen molar-refractivity contribution in [2.24, 2.45) is 0 Å². The fraction of sp³-hybridized carbons (Fsp3) is 0.167. The molecule has 0 bridgehead atoms. The first-order chi connectivity index (χ1) is 15.5. The lowest BCUT2D eigenvalue weighted by Gasteiger charge is -2.13. The number of hydrogen-bond acceptors (Lipinski definition) is 5. The molecule has 0 fully saturated rings. The zero-order valence-electron chi connectivity index (χ0n) is 18.3. The molecular formula is C24H22ClN3O4S. The molecule has 0 unspecified atom stereocenters. The molecular weight excluding hydrogens is 462 g/mol. The Hall–Kier alpha value is -3.54. The van der Waals surface area contributed by atoms with Gasteiger partial charge in [0, 0.05) is 16.4 Å². The zero-order chi connectivity index (χ0) is 24.2. The van der Waals surface area contributed by atoms with Crippen molar-refractivity contribution < 1.29 is 17.9 Å². The fourth-order valence-corrected chi connectivity index (χ4v) is 3.92. The number of nitriles is 1. The number of carbonyl (C=O) groups is 1. The normalized spacial score (nSPS) is 10.9. The van der Waals surface area contributed by atoms with Crippen LogP contribution in [0.4, 0.5) is 11.4 Å². The number of ether oxygens (including phenoxy) is 1. The first kappa shape index (κ1) is 24.1. The lowest BCUT2D eigenvalue weighted by atomic mass is 10.1. The molecule has 7 nitrogen and oxygen atoms in total. The summed E-state index contributed by atoms with van der Waals surface area (Å²) in [5.41, 5.74) is 3.73. The lowest BCUT2D eigenvalue weighted by molar-refractivity contribution is -0.115. The van der Waals surface area contributed by atoms with Gasteiger partial charge in [-0.3, -0.25) is 9.52 Å². The molecule has 0 aliphatic rings. The first-order valence-electron chi connectivity index (χ1n) is 9.89. The monoisotopic (exact) mass is 483 g/mol. The Morgan fingerprint density at radius 2 is 1.82 bits per heavy atom. The third-order valence-corrected chi connectivity index (χ3v) is 5.47. The van der Waals surface area contributed by atoms with Crippen molar-refractivity contribution in [2.75, 3.05) is 16.3 Å². The molecule has 170 valence electrons. The quantitative estimate of drug-likeness (QED) is 0.481. The van der Waals surface area contributed by atoms with E-state index < -0.39 is 10.0 Å². The summed E-state index contributed by atoms with van der Waals surface area (Å²) in [5.74, 6) is 0.757. The zero-order valence-corrected chi connectivity index (χ0v) is 19.8. The van der Waals surface area contributed by atoms with Crippen molar-refractivity contribution in [3.63, 3.8) is 0 Å². The molecule has 0 aromatic heterocycles. The van der Waals surface area contributed by atoms with Crippen molar-refractivity contribution in [3.8, 4) is 17.6 Å². The van der Waals surface area contributed by atoms with Crippen molar-refractivity contribution in [2.45, 2.75) is 20.3 Å². The predicted molar refractivity (Wildman–Crippen MR) is 129 cm³/mol. The minimum atomic E-state index is -3.38. The molecule has 0 spiro atoms. The third kappa shape index (κ3) is 6.97. The number of carbonyl (C=O) groups excluding carboxylic acids is 1. The number of amides is 1. The van der Waals surface area contributed by atoms with E-state index in [4.69, 9.17) is 21.6 Å². The van der Waals surface area contributed by atoms with Crippen LogP contribution < -0.4 is 14.8 Å². The molecule has 3 rings (SSSR count). The van der Waals surface area contributed by atoms with Gasteiger partial charge in [-0.1, -0.05) is 23.7 Å². The summed E-state index contributed by atoms with van der Waals surface area (Å²) in [7, 11) is -3.38. The van der Waals surface area contributed by atoms with Gasteiger partial charge in [0.1, 0.15) is 11.5 Å². The number of anilines is 2. The Bertz CT molecular complexity index is 1360. The topological polar surface area (TPSA) is 108 Å². The summed E-state index contributed by atoms with van der Waals surface area (Å²) >= 11 is 6.05. The standard InChI is InChI=1S/C24H22ClN3O4S/c1-15-4-5-17(11-23(15)32-21-10-18(14-26)9-19(25)13-21)12-24(29)27-22-7-6-20(8-16(22)2)28-33(3,30)31/h4-11,13,28H,12H2,1-3H3,(H,27,29). The van der Waals surface area contributed by atoms with Crippen LogP contribution in [0.15, 0.2) is 54.6 Å². The summed E-state index contributed by atoms with van der Waals surface area (Å²) in [5, 5.41) is 12.4. The number of halogens is 1. The van der Waals surface area contributed by atoms with E-state index in [1.165, 1.54) is 0 Å². The number of sulfonamides is 1. The molecule has 3 aromatic rings. The molecule has 2 N–H and O–H groups in total. The van der Waals surface area contributed by atoms with Crippen LogP contribution in [-0.2, 0) is 21.2 Å². The van der Waals surface area contributed by atoms with Gasteiger partial charge in [0.25, 0.3) is 0 Å². The molecule has 0 aliphatic carbocycles. The Labute approximate surface area is 198 Å². The fourth-order valence-electron chi connectivity index (χ4n) is 3.14. The second kappa shape index (κ2) is 9.94. The third-order valence-electron chi connectivity index (χ3n) is 4.65. The molecule has 3 aromatic carbocycles. The summed E-state index contributed by atoms with van der Waals surface area (Å²) in [6.45, 7) is 3.66. The second-order valence-corrected chi connectivity index (χ2v) is 9.80. The van der Waals surface area contributed by atoms with Gasteiger partial charge in [-0.05, 0) is 73.0 Å². The number of rotatable bonds is 7. The van der Waals surface area contributed by atoms with Gasteiger partial charge in [-0.2, -0.15) is 5.26 Å². The van der Waals surface area contributed by atoms with E-state index in [9.17, 15) is 13.2 Å². The smallest absolute Gasteiger partial charge is 0.229 e. The molecule has 0 saturated carbocycles. The van der Waals surface area contributed by atoms with E-state index in [1.807, 2.05) is 25.1 Å². The van der Waals surface area contributed by atoms with Crippen LogP contribution in [0.1, 0.15) is 22.3 Å². The summed E-state index contributed by atoms with van der Waals surface area (Å²) in [4.78, 5) is 12.6. The van der Waals surface area contributed by atoms with Crippen LogP contribution in [0.25, 0.3) is 0 Å². The van der Waals surface area contributed by atoms with Crippen molar-refractivity contribution in [1.29, 1.82) is 5.26 Å². The lowest BCUT2D eigenvalue weighted by Crippen LogP contribution is -2.15. The molecule has 0 atom stereocenters. The Balaban J connectivity index is 1.72. The molecule has 9 heteroatoms. The van der Waals surface area contributed by atoms with Crippen molar-refractivity contribution >= 4 is 38.9 Å². The van der Waals surface area contributed by atoms with Crippen LogP contribution in [0.2, 0.25) is 5.02 Å². The SMILES string of the molecule is Cc1cc(NS(C)(=O)=O)ccc1NC(=O)Cc1ccc(C)c(Oc2cc(Cl)cc(C#N)c2)c1. The number of nitrogens with zero attached hydrogens (tertiary/aromatic N) is 1. The molecule has 0 saturated heterocycles. The van der Waals surface area contributed by atoms with E-state index in [1.54, 1.807) is 49.4 Å². The predicted octanol–water partition coefficient (Wildman–Crippen LogP) is 5.17. The molecule has 0 radical (unpaired) electrons. The van der Waals surface area contributed by atoms with E-state index in [-0.39, 0.29) is 12.3 Å². The average molecular weight is 484 g/mol. The summed E-state index contributed by atoms with van der Waals surface area (Å²) < 4.78 is 31.1. The number of nitrogens with one attached hydrogen (secondary N) is 2. The van der Waals surface area contributed by atoms with E-state index in [0.717, 1.165) is 22.9 Å². The Morgan fingerprint density at radius 3 is 2.48 bits per heavy atom. The van der Waals surface area contributed by atoms with Crippen molar-refractivity contribution in [3.05, 3.63) is 81.9 Å². The number of aryl methyl sites for hydroxylation is 2. The maximum atomic E-state index is 12.6. The van der Waals surface area contributed by atoms with Crippen LogP contribution in [0.5, 0.6) is 11.5 Å². The van der Waals surface area contributed by atoms with E-state index in [0.29, 0.717) is 33.5 Å². The number of benzene rings is 3. The number of hydrogen-bond donors (Lipinski definition) is 2. The van der Waals surface area contributed by atoms with Crippen LogP contribution in [0.3, 0.4) is 0 Å². The van der Waals surface area contributed by atoms with Gasteiger partial charge < -0.3 is 10.1 Å². The van der Waals surface area contributed by atoms with Crippen LogP contribution >= 0.6 is 11.6 Å². The van der Waals surface area contributed by atoms with Crippen LogP contribution in [-0.4, -0.2) is 20.6 Å². The maximum absolute atomic E-state index is 12.6. The maximum Gasteiger partial charge on any atom is 0.229 e. The van der Waals surface area contributed by atoms with Gasteiger partial charge in [0.2, 0.25) is 15.9 Å². The van der Waals surface area contributed by atoms with Gasteiger partial charge in [0.05, 0.1) is 24.3 Å². The molecule has 0 heterocycles. The molecule has 1 amide bonds. The average Bonchev–Trinajstić information content (AvgIpc) is 2.71. The summed E-state index contributed by atoms with van der Waals surface area (Å²) in [6, 6.07) is 17.1. The minimum Gasteiger partial charge on any atom is -0.457 e. The highest BCUT2D eigenvalue weighted by atomic mass is 35.5. The van der Waals surface area contributed by atoms with Gasteiger partial charge in [0.15, 0.2) is 0 Å².